The summed E-state index contributed by atoms with van der Waals surface area (Å²) in [4.78, 5) is 50.2. The number of fused-ring (bicyclic) bond motifs is 1. The van der Waals surface area contributed by atoms with Gasteiger partial charge in [-0.05, 0) is 107 Å². The molecule has 1 fully saturated rings. The van der Waals surface area contributed by atoms with Crippen LogP contribution >= 0.6 is 0 Å². The van der Waals surface area contributed by atoms with E-state index in [1.54, 1.807) is 51.1 Å². The lowest BCUT2D eigenvalue weighted by Crippen LogP contribution is -2.34. The highest BCUT2D eigenvalue weighted by atomic mass is 16.6. The normalized spacial score (nSPS) is 18.2. The van der Waals surface area contributed by atoms with Crippen LogP contribution in [0.3, 0.4) is 0 Å². The first-order valence-corrected chi connectivity index (χ1v) is 16.2. The number of para-hydroxylation sites is 2. The smallest absolute Gasteiger partial charge is 0.412 e. The van der Waals surface area contributed by atoms with Crippen molar-refractivity contribution in [1.29, 1.82) is 0 Å². The second-order valence-electron chi connectivity index (χ2n) is 14.2. The van der Waals surface area contributed by atoms with Crippen molar-refractivity contribution in [3.05, 3.63) is 94.5 Å². The molecule has 3 atom stereocenters. The van der Waals surface area contributed by atoms with Crippen molar-refractivity contribution in [3.8, 4) is 0 Å². The van der Waals surface area contributed by atoms with Crippen LogP contribution in [-0.4, -0.2) is 41.4 Å². The Morgan fingerprint density at radius 3 is 2.06 bits per heavy atom. The molecule has 0 aliphatic heterocycles. The van der Waals surface area contributed by atoms with Crippen molar-refractivity contribution in [1.82, 2.24) is 10.6 Å². The minimum atomic E-state index is -0.658. The summed E-state index contributed by atoms with van der Waals surface area (Å²) in [5.41, 5.74) is 4.02. The second kappa shape index (κ2) is 14.0. The van der Waals surface area contributed by atoms with Gasteiger partial charge >= 0.3 is 18.3 Å². The van der Waals surface area contributed by atoms with Crippen LogP contribution in [0.25, 0.3) is 0 Å². The highest BCUT2D eigenvalue weighted by molar-refractivity contribution is 6.07. The number of carbonyl (C=O) groups excluding carboxylic acids is 4. The molecule has 1 saturated carbocycles. The summed E-state index contributed by atoms with van der Waals surface area (Å²) in [5, 5.41) is 11.4. The molecule has 0 radical (unpaired) electrons. The van der Waals surface area contributed by atoms with Gasteiger partial charge in [0.25, 0.3) is 5.91 Å². The number of carbonyl (C=O) groups is 4. The molecule has 48 heavy (non-hydrogen) atoms. The van der Waals surface area contributed by atoms with Crippen molar-refractivity contribution < 1.29 is 33.4 Å². The Balaban J connectivity index is 1.09. The lowest BCUT2D eigenvalue weighted by atomic mass is 10.0. The van der Waals surface area contributed by atoms with Crippen molar-refractivity contribution in [3.63, 3.8) is 0 Å². The van der Waals surface area contributed by atoms with E-state index in [-0.39, 0.29) is 30.5 Å². The third-order valence-corrected chi connectivity index (χ3v) is 7.86. The maximum atomic E-state index is 13.2. The molecule has 11 nitrogen and oxygen atoms in total. The molecule has 0 saturated heterocycles. The van der Waals surface area contributed by atoms with Gasteiger partial charge in [0.15, 0.2) is 0 Å². The van der Waals surface area contributed by atoms with Crippen LogP contribution in [0.15, 0.2) is 66.7 Å². The SMILES string of the molecule is CC(C)(C)OC(=O)Nc1ccccc1NC(=O)c1ccc2c(c1)CC[C@@H]2NC(=O)OCc1ccc([C@@H]2C[C@H]2NC(=O)OC(C)(C)C)cc1. The van der Waals surface area contributed by atoms with Crippen LogP contribution in [0.1, 0.15) is 99.0 Å². The Hall–Kier alpha value is -5.06. The minimum absolute atomic E-state index is 0.0531. The van der Waals surface area contributed by atoms with E-state index in [2.05, 4.69) is 21.3 Å². The van der Waals surface area contributed by atoms with Crippen LogP contribution in [0.5, 0.6) is 0 Å². The van der Waals surface area contributed by atoms with Gasteiger partial charge in [0.1, 0.15) is 17.8 Å². The molecule has 11 heteroatoms. The maximum absolute atomic E-state index is 13.2. The first-order valence-electron chi connectivity index (χ1n) is 16.2. The number of rotatable bonds is 8. The first kappa shape index (κ1) is 34.3. The number of alkyl carbamates (subject to hydrolysis) is 2. The lowest BCUT2D eigenvalue weighted by molar-refractivity contribution is 0.0521. The van der Waals surface area contributed by atoms with Crippen LogP contribution in [-0.2, 0) is 27.2 Å². The van der Waals surface area contributed by atoms with E-state index in [1.165, 1.54) is 0 Å². The number of nitrogens with one attached hydrogen (secondary N) is 4. The van der Waals surface area contributed by atoms with Crippen molar-refractivity contribution in [2.75, 3.05) is 10.6 Å². The predicted molar refractivity (Wildman–Crippen MR) is 182 cm³/mol. The molecule has 5 rings (SSSR count). The van der Waals surface area contributed by atoms with Crippen molar-refractivity contribution in [2.24, 2.45) is 0 Å². The average Bonchev–Trinajstić information content (AvgIpc) is 3.64. The quantitative estimate of drug-likeness (QED) is 0.183. The fraction of sp³-hybridized carbons (Fsp3) is 0.405. The zero-order valence-corrected chi connectivity index (χ0v) is 28.3. The highest BCUT2D eigenvalue weighted by Crippen LogP contribution is 2.41. The van der Waals surface area contributed by atoms with Gasteiger partial charge in [0.05, 0.1) is 17.4 Å². The van der Waals surface area contributed by atoms with Crippen molar-refractivity contribution in [2.45, 2.75) is 96.6 Å². The third kappa shape index (κ3) is 9.49. The van der Waals surface area contributed by atoms with Crippen molar-refractivity contribution >= 4 is 35.6 Å². The van der Waals surface area contributed by atoms with E-state index >= 15 is 0 Å². The number of amides is 4. The summed E-state index contributed by atoms with van der Waals surface area (Å²) in [7, 11) is 0. The average molecular weight is 657 g/mol. The van der Waals surface area contributed by atoms with Crippen LogP contribution in [0, 0.1) is 0 Å². The zero-order valence-electron chi connectivity index (χ0n) is 28.3. The lowest BCUT2D eigenvalue weighted by Gasteiger charge is -2.20. The van der Waals surface area contributed by atoms with Crippen LogP contribution < -0.4 is 21.3 Å². The molecule has 2 aliphatic carbocycles. The standard InChI is InChI=1S/C37H44N4O7/c1-36(2,3)47-34(44)40-30-10-8-7-9-29(30)38-32(42)25-15-17-26-24(19-25)16-18-28(26)39-33(43)46-21-22-11-13-23(14-12-22)27-20-31(27)41-35(45)48-37(4,5)6/h7-15,17,19,27-28,31H,16,18,20-21H2,1-6H3,(H,38,42)(H,39,43)(H,40,44)(H,41,45)/t27-,28-,31+/m0/s1. The molecule has 254 valence electrons. The van der Waals surface area contributed by atoms with E-state index in [9.17, 15) is 19.2 Å². The summed E-state index contributed by atoms with van der Waals surface area (Å²) in [5.74, 6) is -0.0867. The Bertz CT molecular complexity index is 1670. The van der Waals surface area contributed by atoms with E-state index in [0.717, 1.165) is 28.7 Å². The van der Waals surface area contributed by atoms with E-state index in [0.29, 0.717) is 29.8 Å². The summed E-state index contributed by atoms with van der Waals surface area (Å²) in [6, 6.07) is 20.0. The number of benzene rings is 3. The molecule has 0 aromatic heterocycles. The summed E-state index contributed by atoms with van der Waals surface area (Å²) >= 11 is 0. The summed E-state index contributed by atoms with van der Waals surface area (Å²) in [6.07, 6.45) is 0.700. The molecule has 0 spiro atoms. The monoisotopic (exact) mass is 656 g/mol. The first-order chi connectivity index (χ1) is 22.6. The van der Waals surface area contributed by atoms with Gasteiger partial charge in [-0.15, -0.1) is 0 Å². The number of hydrogen-bond donors (Lipinski definition) is 4. The number of anilines is 2. The van der Waals surface area contributed by atoms with Gasteiger partial charge < -0.3 is 30.2 Å². The van der Waals surface area contributed by atoms with Crippen LogP contribution in [0.4, 0.5) is 25.8 Å². The number of ether oxygens (including phenoxy) is 3. The molecule has 2 aliphatic rings. The zero-order chi connectivity index (χ0) is 34.6. The van der Waals surface area contributed by atoms with Gasteiger partial charge in [-0.2, -0.15) is 0 Å². The van der Waals surface area contributed by atoms with Crippen LogP contribution in [0.2, 0.25) is 0 Å². The summed E-state index contributed by atoms with van der Waals surface area (Å²) < 4.78 is 16.2. The number of aryl methyl sites for hydroxylation is 1. The fourth-order valence-electron chi connectivity index (χ4n) is 5.59. The van der Waals surface area contributed by atoms with Gasteiger partial charge in [-0.25, -0.2) is 14.4 Å². The second-order valence-corrected chi connectivity index (χ2v) is 14.2. The maximum Gasteiger partial charge on any atom is 0.412 e. The number of hydrogen-bond acceptors (Lipinski definition) is 7. The fourth-order valence-corrected chi connectivity index (χ4v) is 5.59. The Morgan fingerprint density at radius 2 is 1.40 bits per heavy atom. The molecule has 4 amide bonds. The van der Waals surface area contributed by atoms with E-state index in [1.807, 2.05) is 57.2 Å². The summed E-state index contributed by atoms with van der Waals surface area (Å²) in [6.45, 7) is 11.0. The largest absolute Gasteiger partial charge is 0.445 e. The molecule has 0 unspecified atom stereocenters. The van der Waals surface area contributed by atoms with Gasteiger partial charge in [-0.1, -0.05) is 42.5 Å². The third-order valence-electron chi connectivity index (χ3n) is 7.86. The minimum Gasteiger partial charge on any atom is -0.445 e. The molecular weight excluding hydrogens is 612 g/mol. The molecule has 3 aromatic rings. The Kier molecular flexibility index (Phi) is 9.98. The molecule has 0 bridgehead atoms. The molecular formula is C37H44N4O7. The Labute approximate surface area is 281 Å². The van der Waals surface area contributed by atoms with Gasteiger partial charge in [0, 0.05) is 17.5 Å². The topological polar surface area (TPSA) is 144 Å². The molecule has 0 heterocycles. The predicted octanol–water partition coefficient (Wildman–Crippen LogP) is 7.58. The van der Waals surface area contributed by atoms with Gasteiger partial charge in [0.2, 0.25) is 0 Å². The highest BCUT2D eigenvalue weighted by Gasteiger charge is 2.40. The Morgan fingerprint density at radius 1 is 0.750 bits per heavy atom. The molecule has 4 N–H and O–H groups in total. The van der Waals surface area contributed by atoms with Gasteiger partial charge in [-0.3, -0.25) is 10.1 Å². The van der Waals surface area contributed by atoms with E-state index < -0.39 is 29.5 Å². The molecule has 3 aromatic carbocycles. The van der Waals surface area contributed by atoms with E-state index in [4.69, 9.17) is 14.2 Å².